The molecule has 0 saturated carbocycles. The van der Waals surface area contributed by atoms with Crippen molar-refractivity contribution in [3.63, 3.8) is 0 Å². The van der Waals surface area contributed by atoms with E-state index in [9.17, 15) is 13.2 Å². The summed E-state index contributed by atoms with van der Waals surface area (Å²) < 4.78 is 39.4. The van der Waals surface area contributed by atoms with E-state index in [1.165, 1.54) is 17.8 Å². The summed E-state index contributed by atoms with van der Waals surface area (Å²) in [5, 5.41) is 1.32. The van der Waals surface area contributed by atoms with Gasteiger partial charge in [0.25, 0.3) is 0 Å². The summed E-state index contributed by atoms with van der Waals surface area (Å²) in [6, 6.07) is 5.36. The maximum absolute atomic E-state index is 13.1. The molecule has 2 aromatic heterocycles. The zero-order chi connectivity index (χ0) is 22.3. The van der Waals surface area contributed by atoms with Gasteiger partial charge in [-0.15, -0.1) is 0 Å². The van der Waals surface area contributed by atoms with Crippen molar-refractivity contribution in [2.45, 2.75) is 41.7 Å². The lowest BCUT2D eigenvalue weighted by Crippen LogP contribution is -2.44. The highest BCUT2D eigenvalue weighted by molar-refractivity contribution is 7.99. The van der Waals surface area contributed by atoms with E-state index in [4.69, 9.17) is 5.73 Å². The number of nitrogens with zero attached hydrogens (tertiary/aromatic N) is 5. The maximum atomic E-state index is 13.1. The Hall–Kier alpha value is -2.72. The van der Waals surface area contributed by atoms with Crippen LogP contribution < -0.4 is 10.6 Å². The van der Waals surface area contributed by atoms with Crippen LogP contribution in [0.3, 0.4) is 0 Å². The van der Waals surface area contributed by atoms with E-state index in [2.05, 4.69) is 24.8 Å². The Kier molecular flexibility index (Phi) is 5.29. The summed E-state index contributed by atoms with van der Waals surface area (Å²) >= 11 is 1.34. The fourth-order valence-electron chi connectivity index (χ4n) is 4.67. The van der Waals surface area contributed by atoms with Gasteiger partial charge in [0.05, 0.1) is 18.0 Å². The number of benzene rings is 1. The van der Waals surface area contributed by atoms with Gasteiger partial charge in [0.15, 0.2) is 5.16 Å². The second-order valence-corrected chi connectivity index (χ2v) is 9.25. The Bertz CT molecular complexity index is 1100. The lowest BCUT2D eigenvalue weighted by atomic mass is 9.73. The normalized spacial score (nSPS) is 19.9. The molecule has 1 aliphatic carbocycles. The van der Waals surface area contributed by atoms with E-state index in [1.807, 2.05) is 0 Å². The molecule has 6 nitrogen and oxygen atoms in total. The lowest BCUT2D eigenvalue weighted by Gasteiger charge is -2.42. The van der Waals surface area contributed by atoms with Gasteiger partial charge in [-0.3, -0.25) is 0 Å². The maximum Gasteiger partial charge on any atom is 0.416 e. The molecule has 0 bridgehead atoms. The van der Waals surface area contributed by atoms with Gasteiger partial charge in [0.2, 0.25) is 0 Å². The number of piperidine rings is 1. The van der Waals surface area contributed by atoms with Gasteiger partial charge in [0, 0.05) is 31.5 Å². The van der Waals surface area contributed by atoms with Crippen LogP contribution in [-0.4, -0.2) is 33.0 Å². The standard InChI is InChI=1S/C22H21F3N6S/c23-22(24,25)15-3-2-14-11-21(19(26)16(14)10-15)4-8-31(9-5-21)17-12-30-18(13-29-17)32-20-27-6-1-7-28-20/h1-3,6-7,10,12-13,19H,4-5,8-9,11,26H2/t19-/m1/s1. The zero-order valence-electron chi connectivity index (χ0n) is 17.1. The van der Waals surface area contributed by atoms with Crippen LogP contribution in [0, 0.1) is 5.41 Å². The average Bonchev–Trinajstić information content (AvgIpc) is 3.06. The Morgan fingerprint density at radius 2 is 1.78 bits per heavy atom. The van der Waals surface area contributed by atoms with Gasteiger partial charge < -0.3 is 10.6 Å². The van der Waals surface area contributed by atoms with Gasteiger partial charge in [-0.05, 0) is 65.8 Å². The molecule has 10 heteroatoms. The highest BCUT2D eigenvalue weighted by Crippen LogP contribution is 2.51. The van der Waals surface area contributed by atoms with E-state index in [0.717, 1.165) is 43.4 Å². The van der Waals surface area contributed by atoms with Crippen molar-refractivity contribution in [3.05, 3.63) is 65.7 Å². The minimum absolute atomic E-state index is 0.211. The third-order valence-corrected chi connectivity index (χ3v) is 7.26. The van der Waals surface area contributed by atoms with E-state index < -0.39 is 17.8 Å². The third-order valence-electron chi connectivity index (χ3n) is 6.45. The van der Waals surface area contributed by atoms with Crippen LogP contribution in [0.5, 0.6) is 0 Å². The van der Waals surface area contributed by atoms with Gasteiger partial charge in [-0.2, -0.15) is 13.2 Å². The topological polar surface area (TPSA) is 80.8 Å². The second kappa shape index (κ2) is 8.00. The van der Waals surface area contributed by atoms with Crippen LogP contribution in [0.15, 0.2) is 59.2 Å². The van der Waals surface area contributed by atoms with Crippen molar-refractivity contribution in [1.82, 2.24) is 19.9 Å². The molecule has 1 atom stereocenters. The van der Waals surface area contributed by atoms with Crippen LogP contribution in [0.25, 0.3) is 0 Å². The van der Waals surface area contributed by atoms with Crippen molar-refractivity contribution in [2.75, 3.05) is 18.0 Å². The molecule has 32 heavy (non-hydrogen) atoms. The minimum atomic E-state index is -4.36. The molecule has 1 spiro atoms. The molecule has 0 radical (unpaired) electrons. The minimum Gasteiger partial charge on any atom is -0.355 e. The summed E-state index contributed by atoms with van der Waals surface area (Å²) in [5.41, 5.74) is 7.25. The molecule has 1 fully saturated rings. The van der Waals surface area contributed by atoms with Gasteiger partial charge in [0.1, 0.15) is 10.8 Å². The largest absolute Gasteiger partial charge is 0.416 e. The molecular formula is C22H21F3N6S. The average molecular weight is 459 g/mol. The number of fused-ring (bicyclic) bond motifs is 1. The van der Waals surface area contributed by atoms with Crippen molar-refractivity contribution in [2.24, 2.45) is 11.1 Å². The number of hydrogen-bond acceptors (Lipinski definition) is 7. The smallest absolute Gasteiger partial charge is 0.355 e. The van der Waals surface area contributed by atoms with Gasteiger partial charge in [-0.25, -0.2) is 19.9 Å². The Morgan fingerprint density at radius 3 is 2.44 bits per heavy atom. The first-order chi connectivity index (χ1) is 15.3. The zero-order valence-corrected chi connectivity index (χ0v) is 17.9. The quantitative estimate of drug-likeness (QED) is 0.587. The SMILES string of the molecule is N[C@@H]1c2cc(C(F)(F)F)ccc2CC12CCN(c1cnc(Sc3ncccn3)cn1)CC2. The summed E-state index contributed by atoms with van der Waals surface area (Å²) in [6.45, 7) is 1.47. The molecular weight excluding hydrogens is 437 g/mol. The predicted octanol–water partition coefficient (Wildman–Crippen LogP) is 4.28. The first-order valence-electron chi connectivity index (χ1n) is 10.3. The Balaban J connectivity index is 1.26. The highest BCUT2D eigenvalue weighted by atomic mass is 32.2. The highest BCUT2D eigenvalue weighted by Gasteiger charge is 2.47. The Morgan fingerprint density at radius 1 is 1.03 bits per heavy atom. The summed E-state index contributed by atoms with van der Waals surface area (Å²) in [5.74, 6) is 0.779. The number of halogens is 3. The molecule has 166 valence electrons. The second-order valence-electron chi connectivity index (χ2n) is 8.26. The van der Waals surface area contributed by atoms with E-state index in [0.29, 0.717) is 22.2 Å². The summed E-state index contributed by atoms with van der Waals surface area (Å²) in [4.78, 5) is 19.5. The molecule has 2 N–H and O–H groups in total. The van der Waals surface area contributed by atoms with Crippen molar-refractivity contribution < 1.29 is 13.2 Å². The number of nitrogens with two attached hydrogens (primary N) is 1. The number of aromatic nitrogens is 4. The van der Waals surface area contributed by atoms with Gasteiger partial charge >= 0.3 is 6.18 Å². The number of rotatable bonds is 3. The van der Waals surface area contributed by atoms with Gasteiger partial charge in [-0.1, -0.05) is 6.07 Å². The van der Waals surface area contributed by atoms with Crippen molar-refractivity contribution >= 4 is 17.6 Å². The molecule has 1 aromatic carbocycles. The first kappa shape index (κ1) is 21.1. The summed E-state index contributed by atoms with van der Waals surface area (Å²) in [6.07, 6.45) is 4.74. The van der Waals surface area contributed by atoms with Crippen molar-refractivity contribution in [1.29, 1.82) is 0 Å². The fraction of sp³-hybridized carbons (Fsp3) is 0.364. The molecule has 3 aromatic rings. The monoisotopic (exact) mass is 458 g/mol. The van der Waals surface area contributed by atoms with Crippen LogP contribution in [0.1, 0.15) is 35.6 Å². The van der Waals surface area contributed by atoms with E-state index in [1.54, 1.807) is 36.9 Å². The molecule has 0 amide bonds. The summed E-state index contributed by atoms with van der Waals surface area (Å²) in [7, 11) is 0. The lowest BCUT2D eigenvalue weighted by molar-refractivity contribution is -0.137. The first-order valence-corrected chi connectivity index (χ1v) is 11.1. The molecule has 5 rings (SSSR count). The molecule has 1 aliphatic heterocycles. The van der Waals surface area contributed by atoms with E-state index >= 15 is 0 Å². The van der Waals surface area contributed by atoms with E-state index in [-0.39, 0.29) is 5.41 Å². The Labute approximate surface area is 187 Å². The number of alkyl halides is 3. The number of hydrogen-bond donors (Lipinski definition) is 1. The predicted molar refractivity (Wildman–Crippen MR) is 114 cm³/mol. The molecule has 0 unspecified atom stereocenters. The molecule has 2 aliphatic rings. The third kappa shape index (κ3) is 3.93. The molecule has 3 heterocycles. The van der Waals surface area contributed by atoms with Crippen LogP contribution in [0.2, 0.25) is 0 Å². The van der Waals surface area contributed by atoms with Crippen LogP contribution in [0.4, 0.5) is 19.0 Å². The number of anilines is 1. The van der Waals surface area contributed by atoms with Crippen LogP contribution >= 0.6 is 11.8 Å². The van der Waals surface area contributed by atoms with Crippen molar-refractivity contribution in [3.8, 4) is 0 Å². The molecule has 1 saturated heterocycles. The fourth-order valence-corrected chi connectivity index (χ4v) is 5.29. The van der Waals surface area contributed by atoms with Crippen LogP contribution in [-0.2, 0) is 12.6 Å².